The van der Waals surface area contributed by atoms with Gasteiger partial charge < -0.3 is 5.73 Å². The smallest absolute Gasteiger partial charge is 0.0366 e. The van der Waals surface area contributed by atoms with Crippen molar-refractivity contribution in [1.82, 2.24) is 9.91 Å². The van der Waals surface area contributed by atoms with E-state index in [2.05, 4.69) is 18.7 Å². The van der Waals surface area contributed by atoms with E-state index in [1.165, 1.54) is 0 Å². The summed E-state index contributed by atoms with van der Waals surface area (Å²) in [5.74, 6) is 5.89. The Morgan fingerprint density at radius 2 is 2.07 bits per heavy atom. The lowest BCUT2D eigenvalue weighted by atomic mass is 10.1. The first kappa shape index (κ1) is 11.9. The van der Waals surface area contributed by atoms with E-state index in [4.69, 9.17) is 11.6 Å². The fourth-order valence-corrected chi connectivity index (χ4v) is 1.92. The monoisotopic (exact) mass is 200 g/mol. The molecule has 0 amide bonds. The molecule has 4 nitrogen and oxygen atoms in total. The van der Waals surface area contributed by atoms with Gasteiger partial charge in [-0.15, -0.1) is 0 Å². The summed E-state index contributed by atoms with van der Waals surface area (Å²) in [4.78, 5) is 2.44. The maximum absolute atomic E-state index is 5.94. The molecule has 1 aliphatic rings. The van der Waals surface area contributed by atoms with Crippen molar-refractivity contribution in [2.24, 2.45) is 11.6 Å². The van der Waals surface area contributed by atoms with Crippen molar-refractivity contribution in [3.05, 3.63) is 0 Å². The molecule has 0 bridgehead atoms. The topological polar surface area (TPSA) is 58.5 Å². The Balaban J connectivity index is 2.34. The Morgan fingerprint density at radius 3 is 2.64 bits per heavy atom. The standard InChI is InChI=1S/C10H24N4/c1-3-9(11)7-13-5-6-14(12)10(4-2)8-13/h9-10H,3-8,11-12H2,1-2H3. The Bertz CT molecular complexity index is 162. The first-order valence-corrected chi connectivity index (χ1v) is 5.66. The largest absolute Gasteiger partial charge is 0.327 e. The molecule has 2 atom stereocenters. The molecule has 1 saturated heterocycles. The molecule has 14 heavy (non-hydrogen) atoms. The molecule has 2 unspecified atom stereocenters. The van der Waals surface area contributed by atoms with Crippen molar-refractivity contribution >= 4 is 0 Å². The zero-order valence-corrected chi connectivity index (χ0v) is 9.45. The van der Waals surface area contributed by atoms with Crippen molar-refractivity contribution < 1.29 is 0 Å². The van der Waals surface area contributed by atoms with Gasteiger partial charge >= 0.3 is 0 Å². The fraction of sp³-hybridized carbons (Fsp3) is 1.00. The van der Waals surface area contributed by atoms with E-state index in [0.717, 1.165) is 39.0 Å². The predicted octanol–water partition coefficient (Wildman–Crippen LogP) is -0.00640. The summed E-state index contributed by atoms with van der Waals surface area (Å²) < 4.78 is 0. The van der Waals surface area contributed by atoms with Gasteiger partial charge in [-0.25, -0.2) is 5.01 Å². The molecule has 4 heteroatoms. The first-order chi connectivity index (χ1) is 6.67. The van der Waals surface area contributed by atoms with Crippen molar-refractivity contribution in [2.45, 2.75) is 38.8 Å². The van der Waals surface area contributed by atoms with Gasteiger partial charge in [0.25, 0.3) is 0 Å². The minimum atomic E-state index is 0.317. The van der Waals surface area contributed by atoms with E-state index in [9.17, 15) is 0 Å². The van der Waals surface area contributed by atoms with Gasteiger partial charge in [-0.05, 0) is 12.8 Å². The van der Waals surface area contributed by atoms with Gasteiger partial charge in [0.2, 0.25) is 0 Å². The lowest BCUT2D eigenvalue weighted by Gasteiger charge is -2.39. The molecule has 1 aliphatic heterocycles. The number of hydrogen-bond acceptors (Lipinski definition) is 4. The molecule has 0 aromatic carbocycles. The third kappa shape index (κ3) is 3.20. The van der Waals surface area contributed by atoms with Crippen LogP contribution in [-0.4, -0.2) is 48.2 Å². The normalized spacial score (nSPS) is 27.9. The van der Waals surface area contributed by atoms with Crippen LogP contribution in [0.4, 0.5) is 0 Å². The molecule has 0 saturated carbocycles. The highest BCUT2D eigenvalue weighted by molar-refractivity contribution is 4.79. The summed E-state index contributed by atoms with van der Waals surface area (Å²) in [7, 11) is 0. The van der Waals surface area contributed by atoms with Crippen LogP contribution in [0.2, 0.25) is 0 Å². The van der Waals surface area contributed by atoms with Crippen LogP contribution in [0.1, 0.15) is 26.7 Å². The van der Waals surface area contributed by atoms with Gasteiger partial charge in [-0.2, -0.15) is 0 Å². The van der Waals surface area contributed by atoms with Gasteiger partial charge in [0.1, 0.15) is 0 Å². The Kier molecular flexibility index (Phi) is 4.81. The minimum absolute atomic E-state index is 0.317. The van der Waals surface area contributed by atoms with E-state index >= 15 is 0 Å². The zero-order valence-electron chi connectivity index (χ0n) is 9.45. The third-order valence-corrected chi connectivity index (χ3v) is 3.10. The molecule has 0 spiro atoms. The predicted molar refractivity (Wildman–Crippen MR) is 59.7 cm³/mol. The Labute approximate surface area is 87.2 Å². The Hall–Kier alpha value is -0.160. The second kappa shape index (κ2) is 5.66. The molecule has 4 N–H and O–H groups in total. The van der Waals surface area contributed by atoms with Crippen molar-refractivity contribution in [3.63, 3.8) is 0 Å². The number of hydrogen-bond donors (Lipinski definition) is 2. The molecular weight excluding hydrogens is 176 g/mol. The van der Waals surface area contributed by atoms with Gasteiger partial charge in [0.15, 0.2) is 0 Å². The number of nitrogens with zero attached hydrogens (tertiary/aromatic N) is 2. The number of hydrazine groups is 1. The zero-order chi connectivity index (χ0) is 10.6. The molecule has 0 aliphatic carbocycles. The molecule has 0 aromatic heterocycles. The molecular formula is C10H24N4. The van der Waals surface area contributed by atoms with Crippen LogP contribution in [0, 0.1) is 0 Å². The van der Waals surface area contributed by atoms with Gasteiger partial charge in [0.05, 0.1) is 0 Å². The quantitative estimate of drug-likeness (QED) is 0.627. The van der Waals surface area contributed by atoms with E-state index in [1.807, 2.05) is 5.01 Å². The molecule has 1 fully saturated rings. The maximum Gasteiger partial charge on any atom is 0.0366 e. The molecule has 1 rings (SSSR count). The number of piperazine rings is 1. The number of nitrogens with two attached hydrogens (primary N) is 2. The molecule has 1 heterocycles. The molecule has 84 valence electrons. The highest BCUT2D eigenvalue weighted by Crippen LogP contribution is 2.09. The van der Waals surface area contributed by atoms with Crippen LogP contribution in [0.5, 0.6) is 0 Å². The second-order valence-corrected chi connectivity index (χ2v) is 4.23. The summed E-state index contributed by atoms with van der Waals surface area (Å²) in [6, 6.07) is 0.824. The van der Waals surface area contributed by atoms with Crippen LogP contribution >= 0.6 is 0 Å². The highest BCUT2D eigenvalue weighted by Gasteiger charge is 2.23. The lowest BCUT2D eigenvalue weighted by Crippen LogP contribution is -2.57. The van der Waals surface area contributed by atoms with Gasteiger partial charge in [0, 0.05) is 38.3 Å². The van der Waals surface area contributed by atoms with Gasteiger partial charge in [-0.1, -0.05) is 13.8 Å². The molecule has 0 radical (unpaired) electrons. The summed E-state index contributed by atoms with van der Waals surface area (Å²) >= 11 is 0. The SMILES string of the molecule is CCC(N)CN1CCN(N)C(CC)C1. The van der Waals surface area contributed by atoms with Crippen molar-refractivity contribution in [2.75, 3.05) is 26.2 Å². The van der Waals surface area contributed by atoms with E-state index in [-0.39, 0.29) is 0 Å². The van der Waals surface area contributed by atoms with Crippen LogP contribution < -0.4 is 11.6 Å². The van der Waals surface area contributed by atoms with Crippen molar-refractivity contribution in [3.8, 4) is 0 Å². The maximum atomic E-state index is 5.94. The Morgan fingerprint density at radius 1 is 1.36 bits per heavy atom. The summed E-state index contributed by atoms with van der Waals surface area (Å²) in [5.41, 5.74) is 5.94. The number of rotatable bonds is 4. The fourth-order valence-electron chi connectivity index (χ4n) is 1.92. The van der Waals surface area contributed by atoms with Crippen molar-refractivity contribution in [1.29, 1.82) is 0 Å². The lowest BCUT2D eigenvalue weighted by molar-refractivity contribution is 0.0686. The highest BCUT2D eigenvalue weighted by atomic mass is 15.5. The average Bonchev–Trinajstić information content (AvgIpc) is 2.20. The van der Waals surface area contributed by atoms with Crippen LogP contribution in [0.25, 0.3) is 0 Å². The van der Waals surface area contributed by atoms with E-state index in [0.29, 0.717) is 12.1 Å². The summed E-state index contributed by atoms with van der Waals surface area (Å²) in [5, 5.41) is 1.97. The van der Waals surface area contributed by atoms with E-state index < -0.39 is 0 Å². The molecule has 0 aromatic rings. The van der Waals surface area contributed by atoms with Gasteiger partial charge in [-0.3, -0.25) is 10.7 Å². The second-order valence-electron chi connectivity index (χ2n) is 4.23. The third-order valence-electron chi connectivity index (χ3n) is 3.10. The first-order valence-electron chi connectivity index (χ1n) is 5.66. The summed E-state index contributed by atoms with van der Waals surface area (Å²) in [6.07, 6.45) is 2.17. The van der Waals surface area contributed by atoms with E-state index in [1.54, 1.807) is 0 Å². The van der Waals surface area contributed by atoms with Crippen LogP contribution in [0.15, 0.2) is 0 Å². The average molecular weight is 200 g/mol. The summed E-state index contributed by atoms with van der Waals surface area (Å²) in [6.45, 7) is 8.44. The van der Waals surface area contributed by atoms with Crippen LogP contribution in [0.3, 0.4) is 0 Å². The minimum Gasteiger partial charge on any atom is -0.327 e. The van der Waals surface area contributed by atoms with Crippen LogP contribution in [-0.2, 0) is 0 Å².